The number of ether oxygens (including phenoxy) is 1. The van der Waals surface area contributed by atoms with Crippen molar-refractivity contribution in [3.05, 3.63) is 57.2 Å². The number of imidazole rings is 1. The number of benzene rings is 2. The normalized spacial score (nSPS) is 20.9. The molecule has 2 aromatic carbocycles. The number of nitrogens with zero attached hydrogens (tertiary/aromatic N) is 4. The van der Waals surface area contributed by atoms with Gasteiger partial charge in [-0.15, -0.1) is 0 Å². The summed E-state index contributed by atoms with van der Waals surface area (Å²) >= 11 is 7.16. The maximum atomic E-state index is 13.1. The average molecular weight is 562 g/mol. The van der Waals surface area contributed by atoms with Gasteiger partial charge < -0.3 is 9.72 Å². The molecule has 2 fully saturated rings. The van der Waals surface area contributed by atoms with Gasteiger partial charge in [0.25, 0.3) is 0 Å². The second-order valence-electron chi connectivity index (χ2n) is 7.73. The van der Waals surface area contributed by atoms with E-state index in [0.29, 0.717) is 12.4 Å². The molecule has 2 amide bonds. The zero-order chi connectivity index (χ0) is 22.1. The Labute approximate surface area is 202 Å². The van der Waals surface area contributed by atoms with Crippen LogP contribution in [0.25, 0.3) is 11.0 Å². The van der Waals surface area contributed by atoms with Crippen LogP contribution in [0.3, 0.4) is 0 Å². The van der Waals surface area contributed by atoms with Crippen molar-refractivity contribution in [2.45, 2.75) is 6.04 Å². The summed E-state index contributed by atoms with van der Waals surface area (Å²) in [4.78, 5) is 29.4. The van der Waals surface area contributed by atoms with Crippen molar-refractivity contribution < 1.29 is 9.53 Å². The number of hydrogen-bond donors (Lipinski definition) is 2. The summed E-state index contributed by atoms with van der Waals surface area (Å²) in [6.45, 7) is 4.77. The number of aromatic amines is 1. The fourth-order valence-corrected chi connectivity index (χ4v) is 5.45. The predicted molar refractivity (Wildman–Crippen MR) is 131 cm³/mol. The highest BCUT2D eigenvalue weighted by Crippen LogP contribution is 2.35. The standard InChI is InChI=1S/C22H22Br2N6O2/c23-15-9-14(10-16(24)11-15)20-21(25-3-4-29-5-7-32-8-6-29)28-22(31)30(20)17-1-2-18-19(12-17)27-13-26-18/h1-2,9-13,20H,3-8H2,(H,26,27)(H,25,28,31). The summed E-state index contributed by atoms with van der Waals surface area (Å²) < 4.78 is 7.28. The van der Waals surface area contributed by atoms with Crippen molar-refractivity contribution in [2.24, 2.45) is 4.99 Å². The van der Waals surface area contributed by atoms with Gasteiger partial charge in [-0.25, -0.2) is 9.78 Å². The number of nitrogens with one attached hydrogen (secondary N) is 2. The first-order valence-corrected chi connectivity index (χ1v) is 12.0. The molecule has 166 valence electrons. The van der Waals surface area contributed by atoms with E-state index in [-0.39, 0.29) is 12.1 Å². The van der Waals surface area contributed by atoms with E-state index in [1.165, 1.54) is 0 Å². The first-order valence-electron chi connectivity index (χ1n) is 10.4. The Morgan fingerprint density at radius 1 is 1.12 bits per heavy atom. The number of rotatable bonds is 5. The van der Waals surface area contributed by atoms with Crippen molar-refractivity contribution in [3.8, 4) is 0 Å². The lowest BCUT2D eigenvalue weighted by Crippen LogP contribution is -2.38. The number of amidine groups is 1. The van der Waals surface area contributed by atoms with E-state index >= 15 is 0 Å². The minimum atomic E-state index is -0.360. The van der Waals surface area contributed by atoms with Gasteiger partial charge in [0, 0.05) is 34.3 Å². The molecular weight excluding hydrogens is 540 g/mol. The molecule has 5 rings (SSSR count). The summed E-state index contributed by atoms with van der Waals surface area (Å²) in [7, 11) is 0. The molecule has 32 heavy (non-hydrogen) atoms. The Balaban J connectivity index is 1.49. The van der Waals surface area contributed by atoms with Gasteiger partial charge in [-0.2, -0.15) is 0 Å². The number of H-pyrrole nitrogens is 1. The highest BCUT2D eigenvalue weighted by atomic mass is 79.9. The zero-order valence-corrected chi connectivity index (χ0v) is 20.4. The Morgan fingerprint density at radius 2 is 1.91 bits per heavy atom. The molecule has 3 aromatic rings. The molecule has 0 radical (unpaired) electrons. The van der Waals surface area contributed by atoms with E-state index in [0.717, 1.165) is 64.1 Å². The zero-order valence-electron chi connectivity index (χ0n) is 17.2. The summed E-state index contributed by atoms with van der Waals surface area (Å²) in [6.07, 6.45) is 1.65. The lowest BCUT2D eigenvalue weighted by Gasteiger charge is -2.26. The van der Waals surface area contributed by atoms with Crippen LogP contribution < -0.4 is 10.2 Å². The number of halogens is 2. The molecule has 2 aliphatic heterocycles. The molecular formula is C22H22Br2N6O2. The predicted octanol–water partition coefficient (Wildman–Crippen LogP) is 4.09. The highest BCUT2D eigenvalue weighted by Gasteiger charge is 2.39. The van der Waals surface area contributed by atoms with Gasteiger partial charge in [0.1, 0.15) is 11.9 Å². The molecule has 0 saturated carbocycles. The van der Waals surface area contributed by atoms with E-state index in [4.69, 9.17) is 9.73 Å². The van der Waals surface area contributed by atoms with Crippen LogP contribution in [0.1, 0.15) is 11.6 Å². The molecule has 1 unspecified atom stereocenters. The van der Waals surface area contributed by atoms with Gasteiger partial charge in [0.2, 0.25) is 0 Å². The third-order valence-electron chi connectivity index (χ3n) is 5.66. The van der Waals surface area contributed by atoms with Crippen LogP contribution in [-0.2, 0) is 4.74 Å². The van der Waals surface area contributed by atoms with Gasteiger partial charge >= 0.3 is 6.03 Å². The van der Waals surface area contributed by atoms with Crippen LogP contribution in [0.15, 0.2) is 56.7 Å². The minimum Gasteiger partial charge on any atom is -0.379 e. The molecule has 10 heteroatoms. The third-order valence-corrected chi connectivity index (χ3v) is 6.57. The Hall–Kier alpha value is -2.27. The van der Waals surface area contributed by atoms with Gasteiger partial charge in [-0.3, -0.25) is 20.1 Å². The molecule has 3 heterocycles. The van der Waals surface area contributed by atoms with E-state index in [2.05, 4.69) is 52.0 Å². The maximum absolute atomic E-state index is 13.1. The van der Waals surface area contributed by atoms with Crippen LogP contribution in [-0.4, -0.2) is 66.1 Å². The van der Waals surface area contributed by atoms with E-state index in [9.17, 15) is 4.79 Å². The highest BCUT2D eigenvalue weighted by molar-refractivity contribution is 9.11. The smallest absolute Gasteiger partial charge is 0.328 e. The summed E-state index contributed by atoms with van der Waals surface area (Å²) in [5.41, 5.74) is 3.47. The molecule has 8 nitrogen and oxygen atoms in total. The monoisotopic (exact) mass is 560 g/mol. The van der Waals surface area contributed by atoms with Gasteiger partial charge in [0.05, 0.1) is 37.1 Å². The molecule has 1 atom stereocenters. The van der Waals surface area contributed by atoms with Gasteiger partial charge in [-0.1, -0.05) is 31.9 Å². The number of morpholine rings is 1. The quantitative estimate of drug-likeness (QED) is 0.491. The third kappa shape index (κ3) is 4.45. The second-order valence-corrected chi connectivity index (χ2v) is 9.56. The molecule has 0 bridgehead atoms. The van der Waals surface area contributed by atoms with Crippen LogP contribution in [0, 0.1) is 0 Å². The number of hydrogen-bond acceptors (Lipinski definition) is 5. The summed E-state index contributed by atoms with van der Waals surface area (Å²) in [5, 5.41) is 3.01. The number of aromatic nitrogens is 2. The minimum absolute atomic E-state index is 0.199. The number of urea groups is 1. The number of anilines is 1. The number of carbonyl (C=O) groups is 1. The molecule has 0 spiro atoms. The van der Waals surface area contributed by atoms with Crippen LogP contribution in [0.2, 0.25) is 0 Å². The van der Waals surface area contributed by atoms with Gasteiger partial charge in [0.15, 0.2) is 0 Å². The molecule has 0 aliphatic carbocycles. The van der Waals surface area contributed by atoms with Crippen molar-refractivity contribution in [1.29, 1.82) is 0 Å². The van der Waals surface area contributed by atoms with Crippen molar-refractivity contribution in [2.75, 3.05) is 44.3 Å². The van der Waals surface area contributed by atoms with E-state index in [1.807, 2.05) is 36.4 Å². The fraction of sp³-hybridized carbons (Fsp3) is 0.318. The summed E-state index contributed by atoms with van der Waals surface area (Å²) in [5.74, 6) is 0.651. The van der Waals surface area contributed by atoms with Crippen molar-refractivity contribution in [3.63, 3.8) is 0 Å². The van der Waals surface area contributed by atoms with E-state index < -0.39 is 0 Å². The number of amides is 2. The maximum Gasteiger partial charge on any atom is 0.328 e. The molecule has 2 N–H and O–H groups in total. The molecule has 1 aromatic heterocycles. The van der Waals surface area contributed by atoms with Gasteiger partial charge in [-0.05, 0) is 42.0 Å². The number of aliphatic imine (C=N–C) groups is 1. The fourth-order valence-electron chi connectivity index (χ4n) is 4.12. The molecule has 2 aliphatic rings. The topological polar surface area (TPSA) is 85.8 Å². The average Bonchev–Trinajstić information content (AvgIpc) is 3.37. The van der Waals surface area contributed by atoms with Crippen molar-refractivity contribution >= 4 is 60.4 Å². The molecule has 2 saturated heterocycles. The Bertz CT molecular complexity index is 1150. The Morgan fingerprint density at radius 3 is 2.69 bits per heavy atom. The van der Waals surface area contributed by atoms with Crippen LogP contribution in [0.4, 0.5) is 10.5 Å². The lowest BCUT2D eigenvalue weighted by molar-refractivity contribution is 0.0394. The Kier molecular flexibility index (Phi) is 6.27. The SMILES string of the molecule is O=C1NC(=NCCN2CCOCC2)C(c2cc(Br)cc(Br)c2)N1c1ccc2nc[nH]c2c1. The second kappa shape index (κ2) is 9.30. The van der Waals surface area contributed by atoms with E-state index in [1.54, 1.807) is 11.2 Å². The lowest BCUT2D eigenvalue weighted by atomic mass is 10.0. The number of fused-ring (bicyclic) bond motifs is 1. The van der Waals surface area contributed by atoms with Crippen molar-refractivity contribution in [1.82, 2.24) is 20.2 Å². The first kappa shape index (κ1) is 21.6. The van der Waals surface area contributed by atoms with Crippen LogP contribution in [0.5, 0.6) is 0 Å². The summed E-state index contributed by atoms with van der Waals surface area (Å²) in [6, 6.07) is 11.2. The first-order chi connectivity index (χ1) is 15.6. The number of carbonyl (C=O) groups excluding carboxylic acids is 1. The van der Waals surface area contributed by atoms with Crippen LogP contribution >= 0.6 is 31.9 Å². The largest absolute Gasteiger partial charge is 0.379 e.